The topological polar surface area (TPSA) is 93.0 Å². The molecule has 1 N–H and O–H groups in total. The van der Waals surface area contributed by atoms with Crippen LogP contribution in [0.5, 0.6) is 0 Å². The minimum absolute atomic E-state index is 0.0838. The predicted octanol–water partition coefficient (Wildman–Crippen LogP) is 4.40. The van der Waals surface area contributed by atoms with Gasteiger partial charge in [-0.15, -0.1) is 10.2 Å². The summed E-state index contributed by atoms with van der Waals surface area (Å²) in [5.41, 5.74) is 1.94. The van der Waals surface area contributed by atoms with Gasteiger partial charge in [-0.25, -0.2) is 8.78 Å². The van der Waals surface area contributed by atoms with Gasteiger partial charge in [0.25, 0.3) is 0 Å². The van der Waals surface area contributed by atoms with Crippen LogP contribution in [0, 0.1) is 11.6 Å². The molecule has 0 fully saturated rings. The van der Waals surface area contributed by atoms with Crippen molar-refractivity contribution in [2.45, 2.75) is 39.0 Å². The quantitative estimate of drug-likeness (QED) is 0.323. The summed E-state index contributed by atoms with van der Waals surface area (Å²) >= 11 is 6.36. The summed E-state index contributed by atoms with van der Waals surface area (Å²) in [5.74, 6) is -1.31. The van der Waals surface area contributed by atoms with Gasteiger partial charge < -0.3 is 10.2 Å². The number of hydrogen-bond donors (Lipinski definition) is 1. The van der Waals surface area contributed by atoms with Crippen LogP contribution in [0.15, 0.2) is 72.8 Å². The highest BCUT2D eigenvalue weighted by molar-refractivity contribution is 6.31. The first-order valence-corrected chi connectivity index (χ1v) is 12.3. The van der Waals surface area contributed by atoms with Crippen molar-refractivity contribution in [3.05, 3.63) is 101 Å². The lowest BCUT2D eigenvalue weighted by Crippen LogP contribution is -2.49. The van der Waals surface area contributed by atoms with E-state index in [1.54, 1.807) is 43.3 Å². The number of nitrogens with one attached hydrogen (secondary N) is 1. The van der Waals surface area contributed by atoms with Crippen LogP contribution in [0.4, 0.5) is 8.78 Å². The van der Waals surface area contributed by atoms with Crippen molar-refractivity contribution in [1.82, 2.24) is 30.4 Å². The summed E-state index contributed by atoms with van der Waals surface area (Å²) in [7, 11) is 0. The van der Waals surface area contributed by atoms with E-state index in [4.69, 9.17) is 11.6 Å². The highest BCUT2D eigenvalue weighted by Gasteiger charge is 2.29. The minimum atomic E-state index is -0.820. The van der Waals surface area contributed by atoms with Gasteiger partial charge in [-0.1, -0.05) is 48.9 Å². The van der Waals surface area contributed by atoms with Crippen molar-refractivity contribution in [3.63, 3.8) is 0 Å². The molecule has 1 atom stereocenters. The Bertz CT molecular complexity index is 1400. The van der Waals surface area contributed by atoms with Gasteiger partial charge in [-0.3, -0.25) is 9.59 Å². The lowest BCUT2D eigenvalue weighted by Gasteiger charge is -2.30. The van der Waals surface area contributed by atoms with E-state index >= 15 is 0 Å². The van der Waals surface area contributed by atoms with Crippen LogP contribution >= 0.6 is 11.6 Å². The van der Waals surface area contributed by atoms with E-state index in [1.807, 2.05) is 0 Å². The average molecular weight is 539 g/mol. The van der Waals surface area contributed by atoms with Crippen molar-refractivity contribution in [2.24, 2.45) is 0 Å². The van der Waals surface area contributed by atoms with Crippen LogP contribution < -0.4 is 5.32 Å². The molecule has 0 radical (unpaired) electrons. The van der Waals surface area contributed by atoms with E-state index in [9.17, 15) is 18.4 Å². The van der Waals surface area contributed by atoms with E-state index in [0.717, 1.165) is 10.4 Å². The third-order valence-corrected chi connectivity index (χ3v) is 6.27. The van der Waals surface area contributed by atoms with E-state index in [2.05, 4.69) is 20.7 Å². The van der Waals surface area contributed by atoms with Gasteiger partial charge in [-0.05, 0) is 65.2 Å². The molecule has 4 rings (SSSR count). The van der Waals surface area contributed by atoms with Crippen molar-refractivity contribution in [2.75, 3.05) is 0 Å². The molecule has 8 nitrogen and oxygen atoms in total. The summed E-state index contributed by atoms with van der Waals surface area (Å²) in [4.78, 5) is 29.3. The van der Waals surface area contributed by atoms with E-state index in [0.29, 0.717) is 22.6 Å². The van der Waals surface area contributed by atoms with Gasteiger partial charge in [0.15, 0.2) is 0 Å². The Morgan fingerprint density at radius 1 is 1.00 bits per heavy atom. The second-order valence-electron chi connectivity index (χ2n) is 8.53. The molecule has 0 spiro atoms. The zero-order valence-electron chi connectivity index (χ0n) is 20.5. The van der Waals surface area contributed by atoms with E-state index in [-0.39, 0.29) is 37.2 Å². The Morgan fingerprint density at radius 2 is 1.66 bits per heavy atom. The highest BCUT2D eigenvalue weighted by atomic mass is 35.5. The molecule has 4 aromatic rings. The minimum Gasteiger partial charge on any atom is -0.350 e. The molecule has 0 bridgehead atoms. The molecule has 0 saturated carbocycles. The monoisotopic (exact) mass is 538 g/mol. The molecule has 0 saturated heterocycles. The molecule has 11 heteroatoms. The summed E-state index contributed by atoms with van der Waals surface area (Å²) in [6, 6.07) is 17.6. The lowest BCUT2D eigenvalue weighted by atomic mass is 10.1. The number of tetrazole rings is 1. The lowest BCUT2D eigenvalue weighted by molar-refractivity contribution is -0.142. The molecule has 0 aliphatic rings. The van der Waals surface area contributed by atoms with Crippen LogP contribution in [-0.2, 0) is 29.2 Å². The molecule has 38 heavy (non-hydrogen) atoms. The first-order valence-electron chi connectivity index (χ1n) is 11.9. The number of halogens is 3. The Labute approximate surface area is 223 Å². The summed E-state index contributed by atoms with van der Waals surface area (Å²) in [6.45, 7) is 1.78. The Morgan fingerprint density at radius 3 is 2.32 bits per heavy atom. The zero-order chi connectivity index (χ0) is 27.1. The highest BCUT2D eigenvalue weighted by Crippen LogP contribution is 2.20. The van der Waals surface area contributed by atoms with Crippen molar-refractivity contribution in [1.29, 1.82) is 0 Å². The van der Waals surface area contributed by atoms with Gasteiger partial charge in [0.2, 0.25) is 17.6 Å². The Balaban J connectivity index is 1.53. The third kappa shape index (κ3) is 6.77. The smallest absolute Gasteiger partial charge is 0.247 e. The number of carbonyl (C=O) groups excluding carboxylic acids is 2. The molecule has 1 aromatic heterocycles. The summed E-state index contributed by atoms with van der Waals surface area (Å²) < 4.78 is 26.5. The molecule has 3 aromatic carbocycles. The molecule has 196 valence electrons. The van der Waals surface area contributed by atoms with Gasteiger partial charge in [-0.2, -0.15) is 4.80 Å². The second-order valence-corrected chi connectivity index (χ2v) is 8.94. The largest absolute Gasteiger partial charge is 0.350 e. The third-order valence-electron chi connectivity index (χ3n) is 5.90. The number of amides is 2. The fourth-order valence-electron chi connectivity index (χ4n) is 3.88. The normalized spacial score (nSPS) is 11.7. The van der Waals surface area contributed by atoms with Gasteiger partial charge in [0, 0.05) is 23.7 Å². The van der Waals surface area contributed by atoms with Gasteiger partial charge >= 0.3 is 0 Å². The molecule has 1 unspecified atom stereocenters. The molecular formula is C27H25ClF2N6O2. The maximum atomic E-state index is 13.5. The van der Waals surface area contributed by atoms with Gasteiger partial charge in [0.05, 0.1) is 0 Å². The first kappa shape index (κ1) is 26.9. The molecule has 1 heterocycles. The fraction of sp³-hybridized carbons (Fsp3) is 0.222. The van der Waals surface area contributed by atoms with Crippen LogP contribution in [0.3, 0.4) is 0 Å². The maximum Gasteiger partial charge on any atom is 0.247 e. The predicted molar refractivity (Wildman–Crippen MR) is 138 cm³/mol. The molecule has 2 amide bonds. The summed E-state index contributed by atoms with van der Waals surface area (Å²) in [5, 5.41) is 15.4. The number of aromatic nitrogens is 4. The Kier molecular flexibility index (Phi) is 8.75. The van der Waals surface area contributed by atoms with Crippen LogP contribution in [-0.4, -0.2) is 43.0 Å². The van der Waals surface area contributed by atoms with Crippen molar-refractivity contribution in [3.8, 4) is 11.4 Å². The van der Waals surface area contributed by atoms with E-state index < -0.39 is 17.8 Å². The molecule has 0 aliphatic carbocycles. The van der Waals surface area contributed by atoms with Gasteiger partial charge in [0.1, 0.15) is 24.2 Å². The maximum absolute atomic E-state index is 13.5. The average Bonchev–Trinajstić information content (AvgIpc) is 3.38. The SMILES string of the molecule is CCC(C(=O)NCc1ccc(F)cc1)N(Cc1ccccc1Cl)C(=O)Cn1nnc(-c2ccc(F)cc2)n1. The van der Waals surface area contributed by atoms with Crippen molar-refractivity contribution < 1.29 is 18.4 Å². The number of rotatable bonds is 10. The van der Waals surface area contributed by atoms with Crippen LogP contribution in [0.25, 0.3) is 11.4 Å². The number of benzene rings is 3. The zero-order valence-corrected chi connectivity index (χ0v) is 21.3. The number of carbonyl (C=O) groups is 2. The number of hydrogen-bond acceptors (Lipinski definition) is 5. The molecule has 0 aliphatic heterocycles. The van der Waals surface area contributed by atoms with Crippen LogP contribution in [0.2, 0.25) is 5.02 Å². The Hall–Kier alpha value is -4.18. The van der Waals surface area contributed by atoms with E-state index in [1.165, 1.54) is 41.3 Å². The summed E-state index contributed by atoms with van der Waals surface area (Å²) in [6.07, 6.45) is 0.330. The second kappa shape index (κ2) is 12.4. The molecular weight excluding hydrogens is 514 g/mol. The van der Waals surface area contributed by atoms with Crippen molar-refractivity contribution >= 4 is 23.4 Å². The van der Waals surface area contributed by atoms with Crippen LogP contribution in [0.1, 0.15) is 24.5 Å². The first-order chi connectivity index (χ1) is 18.3. The number of nitrogens with zero attached hydrogens (tertiary/aromatic N) is 5. The fourth-order valence-corrected chi connectivity index (χ4v) is 4.07. The standard InChI is InChI=1S/C27H25ClF2N6O2/c1-2-24(27(38)31-15-18-7-11-21(29)12-8-18)35(16-20-5-3-4-6-23(20)28)25(37)17-36-33-26(32-34-36)19-9-13-22(30)14-10-19/h3-14,24H,2,15-17H2,1H3,(H,31,38).